The Kier molecular flexibility index (Phi) is 4.28. The summed E-state index contributed by atoms with van der Waals surface area (Å²) in [5, 5.41) is 3.45. The molecule has 0 saturated carbocycles. The van der Waals surface area contributed by atoms with Crippen molar-refractivity contribution in [2.75, 3.05) is 0 Å². The van der Waals surface area contributed by atoms with Gasteiger partial charge in [0.2, 0.25) is 0 Å². The van der Waals surface area contributed by atoms with Crippen molar-refractivity contribution in [1.29, 1.82) is 0 Å². The molecule has 0 atom stereocenters. The highest BCUT2D eigenvalue weighted by Crippen LogP contribution is 2.09. The number of nitrogens with one attached hydrogen (secondary N) is 1. The summed E-state index contributed by atoms with van der Waals surface area (Å²) >= 11 is 0. The van der Waals surface area contributed by atoms with Crippen LogP contribution < -0.4 is 5.32 Å². The molecular weight excluding hydrogens is 208 g/mol. The molecule has 0 aliphatic rings. The van der Waals surface area contributed by atoms with Crippen LogP contribution in [0.3, 0.4) is 0 Å². The van der Waals surface area contributed by atoms with Crippen molar-refractivity contribution in [1.82, 2.24) is 10.3 Å². The van der Waals surface area contributed by atoms with E-state index in [1.807, 2.05) is 12.3 Å². The van der Waals surface area contributed by atoms with Gasteiger partial charge in [0.1, 0.15) is 0 Å². The van der Waals surface area contributed by atoms with E-state index in [-0.39, 0.29) is 0 Å². The molecule has 2 heteroatoms. The van der Waals surface area contributed by atoms with Crippen LogP contribution in [0.25, 0.3) is 0 Å². The van der Waals surface area contributed by atoms with Crippen LogP contribution in [0.2, 0.25) is 0 Å². The highest BCUT2D eigenvalue weighted by Gasteiger charge is 1.99. The summed E-state index contributed by atoms with van der Waals surface area (Å²) in [6.45, 7) is 3.98. The fourth-order valence-corrected chi connectivity index (χ4v) is 1.92. The third kappa shape index (κ3) is 3.40. The molecule has 1 aromatic heterocycles. The molecule has 0 unspecified atom stereocenters. The number of pyridine rings is 1. The third-order valence-electron chi connectivity index (χ3n) is 2.87. The van der Waals surface area contributed by atoms with Gasteiger partial charge < -0.3 is 5.32 Å². The first-order chi connectivity index (χ1) is 8.40. The Hall–Kier alpha value is -1.67. The van der Waals surface area contributed by atoms with Crippen LogP contribution >= 0.6 is 0 Å². The summed E-state index contributed by atoms with van der Waals surface area (Å²) in [4.78, 5) is 4.10. The number of hydrogen-bond donors (Lipinski definition) is 1. The molecule has 2 rings (SSSR count). The molecular formula is C15H18N2. The van der Waals surface area contributed by atoms with Gasteiger partial charge in [0.25, 0.3) is 0 Å². The smallest absolute Gasteiger partial charge is 0.0312 e. The summed E-state index contributed by atoms with van der Waals surface area (Å²) in [7, 11) is 0. The Bertz CT molecular complexity index is 451. The zero-order valence-corrected chi connectivity index (χ0v) is 10.2. The highest BCUT2D eigenvalue weighted by atomic mass is 14.8. The molecule has 88 valence electrons. The zero-order valence-electron chi connectivity index (χ0n) is 10.2. The lowest BCUT2D eigenvalue weighted by Gasteiger charge is -2.09. The second-order valence-corrected chi connectivity index (χ2v) is 4.09. The van der Waals surface area contributed by atoms with E-state index in [4.69, 9.17) is 0 Å². The number of nitrogens with zero attached hydrogens (tertiary/aromatic N) is 1. The molecule has 0 aliphatic heterocycles. The molecule has 0 spiro atoms. The molecule has 1 heterocycles. The number of benzene rings is 1. The Morgan fingerprint density at radius 1 is 1.00 bits per heavy atom. The predicted molar refractivity (Wildman–Crippen MR) is 70.6 cm³/mol. The second kappa shape index (κ2) is 6.16. The predicted octanol–water partition coefficient (Wildman–Crippen LogP) is 2.93. The lowest BCUT2D eigenvalue weighted by molar-refractivity contribution is 0.686. The Morgan fingerprint density at radius 3 is 2.53 bits per heavy atom. The van der Waals surface area contributed by atoms with E-state index < -0.39 is 0 Å². The summed E-state index contributed by atoms with van der Waals surface area (Å²) < 4.78 is 0. The molecule has 0 saturated heterocycles. The molecule has 0 radical (unpaired) electrons. The molecule has 1 N–H and O–H groups in total. The van der Waals surface area contributed by atoms with Gasteiger partial charge in [0, 0.05) is 25.5 Å². The summed E-state index contributed by atoms with van der Waals surface area (Å²) in [5.74, 6) is 0. The van der Waals surface area contributed by atoms with Gasteiger partial charge in [-0.15, -0.1) is 0 Å². The van der Waals surface area contributed by atoms with Crippen LogP contribution in [0.1, 0.15) is 23.6 Å². The Labute approximate surface area is 103 Å². The maximum atomic E-state index is 4.10. The van der Waals surface area contributed by atoms with Crippen molar-refractivity contribution >= 4 is 0 Å². The van der Waals surface area contributed by atoms with Crippen molar-refractivity contribution in [2.45, 2.75) is 26.4 Å². The fourth-order valence-electron chi connectivity index (χ4n) is 1.92. The SMILES string of the molecule is CCc1ccccc1CNCc1cccnc1. The van der Waals surface area contributed by atoms with Crippen LogP contribution in [0.15, 0.2) is 48.8 Å². The maximum Gasteiger partial charge on any atom is 0.0312 e. The largest absolute Gasteiger partial charge is 0.309 e. The molecule has 17 heavy (non-hydrogen) atoms. The van der Waals surface area contributed by atoms with Crippen molar-refractivity contribution < 1.29 is 0 Å². The number of hydrogen-bond acceptors (Lipinski definition) is 2. The summed E-state index contributed by atoms with van der Waals surface area (Å²) in [6.07, 6.45) is 4.79. The van der Waals surface area contributed by atoms with Gasteiger partial charge in [-0.2, -0.15) is 0 Å². The van der Waals surface area contributed by atoms with Crippen LogP contribution in [-0.4, -0.2) is 4.98 Å². The van der Waals surface area contributed by atoms with Gasteiger partial charge >= 0.3 is 0 Å². The van der Waals surface area contributed by atoms with Gasteiger partial charge in [0.05, 0.1) is 0 Å². The summed E-state index contributed by atoms with van der Waals surface area (Å²) in [5.41, 5.74) is 4.03. The first-order valence-corrected chi connectivity index (χ1v) is 6.06. The van der Waals surface area contributed by atoms with E-state index in [9.17, 15) is 0 Å². The summed E-state index contributed by atoms with van der Waals surface area (Å²) in [6, 6.07) is 12.6. The van der Waals surface area contributed by atoms with Crippen LogP contribution in [0.4, 0.5) is 0 Å². The van der Waals surface area contributed by atoms with Crippen molar-refractivity contribution in [3.8, 4) is 0 Å². The van der Waals surface area contributed by atoms with Crippen molar-refractivity contribution in [3.63, 3.8) is 0 Å². The van der Waals surface area contributed by atoms with Crippen molar-refractivity contribution in [3.05, 3.63) is 65.5 Å². The van der Waals surface area contributed by atoms with E-state index in [0.717, 1.165) is 19.5 Å². The van der Waals surface area contributed by atoms with Crippen LogP contribution in [-0.2, 0) is 19.5 Å². The van der Waals surface area contributed by atoms with Crippen molar-refractivity contribution in [2.24, 2.45) is 0 Å². The van der Waals surface area contributed by atoms with E-state index in [0.29, 0.717) is 0 Å². The topological polar surface area (TPSA) is 24.9 Å². The molecule has 0 bridgehead atoms. The minimum absolute atomic E-state index is 0.867. The van der Waals surface area contributed by atoms with Gasteiger partial charge in [-0.25, -0.2) is 0 Å². The number of rotatable bonds is 5. The van der Waals surface area contributed by atoms with E-state index in [1.165, 1.54) is 16.7 Å². The van der Waals surface area contributed by atoms with Gasteiger partial charge in [0.15, 0.2) is 0 Å². The molecule has 0 amide bonds. The minimum Gasteiger partial charge on any atom is -0.309 e. The highest BCUT2D eigenvalue weighted by molar-refractivity contribution is 5.26. The molecule has 0 fully saturated rings. The normalized spacial score (nSPS) is 10.4. The molecule has 2 nitrogen and oxygen atoms in total. The van der Waals surface area contributed by atoms with Crippen LogP contribution in [0.5, 0.6) is 0 Å². The van der Waals surface area contributed by atoms with E-state index in [2.05, 4.69) is 47.6 Å². The van der Waals surface area contributed by atoms with E-state index in [1.54, 1.807) is 6.20 Å². The molecule has 0 aliphatic carbocycles. The van der Waals surface area contributed by atoms with E-state index >= 15 is 0 Å². The second-order valence-electron chi connectivity index (χ2n) is 4.09. The lowest BCUT2D eigenvalue weighted by atomic mass is 10.1. The number of aromatic nitrogens is 1. The average molecular weight is 226 g/mol. The Morgan fingerprint density at radius 2 is 1.82 bits per heavy atom. The maximum absolute atomic E-state index is 4.10. The van der Waals surface area contributed by atoms with Crippen LogP contribution in [0, 0.1) is 0 Å². The van der Waals surface area contributed by atoms with Gasteiger partial charge in [-0.3, -0.25) is 4.98 Å². The first kappa shape index (κ1) is 11.8. The Balaban J connectivity index is 1.90. The minimum atomic E-state index is 0.867. The fraction of sp³-hybridized carbons (Fsp3) is 0.267. The monoisotopic (exact) mass is 226 g/mol. The standard InChI is InChI=1S/C15H18N2/c1-2-14-7-3-4-8-15(14)12-17-11-13-6-5-9-16-10-13/h3-10,17H,2,11-12H2,1H3. The first-order valence-electron chi connectivity index (χ1n) is 6.06. The number of aryl methyl sites for hydroxylation is 1. The van der Waals surface area contributed by atoms with Gasteiger partial charge in [-0.05, 0) is 29.2 Å². The molecule has 2 aromatic rings. The van der Waals surface area contributed by atoms with Gasteiger partial charge in [-0.1, -0.05) is 37.3 Å². The average Bonchev–Trinajstić information content (AvgIpc) is 2.40. The third-order valence-corrected chi connectivity index (χ3v) is 2.87. The molecule has 1 aromatic carbocycles. The zero-order chi connectivity index (χ0) is 11.9. The quantitative estimate of drug-likeness (QED) is 0.848. The lowest BCUT2D eigenvalue weighted by Crippen LogP contribution is -2.13.